The summed E-state index contributed by atoms with van der Waals surface area (Å²) in [5.41, 5.74) is 0.411. The van der Waals surface area contributed by atoms with Crippen molar-refractivity contribution in [3.63, 3.8) is 0 Å². The molecule has 7 nitrogen and oxygen atoms in total. The Kier molecular flexibility index (Phi) is 5.65. The minimum atomic E-state index is -3.57. The second-order valence-electron chi connectivity index (χ2n) is 6.83. The van der Waals surface area contributed by atoms with Crippen molar-refractivity contribution < 1.29 is 12.9 Å². The van der Waals surface area contributed by atoms with E-state index in [0.717, 1.165) is 5.11 Å². The molecule has 2 heterocycles. The second-order valence-corrected chi connectivity index (χ2v) is 9.09. The number of aromatic nitrogens is 1. The van der Waals surface area contributed by atoms with Crippen molar-refractivity contribution in [3.05, 3.63) is 11.5 Å². The van der Waals surface area contributed by atoms with Gasteiger partial charge in [-0.15, -0.1) is 0 Å². The van der Waals surface area contributed by atoms with Crippen LogP contribution in [-0.4, -0.2) is 60.1 Å². The number of aryl methyl sites for hydroxylation is 2. The van der Waals surface area contributed by atoms with E-state index in [2.05, 4.69) is 15.4 Å². The molecule has 0 spiro atoms. The van der Waals surface area contributed by atoms with Crippen molar-refractivity contribution >= 4 is 27.4 Å². The third-order valence-electron chi connectivity index (χ3n) is 5.02. The molecule has 1 aliphatic carbocycles. The van der Waals surface area contributed by atoms with Crippen LogP contribution in [0.4, 0.5) is 0 Å². The van der Waals surface area contributed by atoms with Gasteiger partial charge in [-0.3, -0.25) is 0 Å². The van der Waals surface area contributed by atoms with Crippen LogP contribution in [-0.2, 0) is 10.0 Å². The van der Waals surface area contributed by atoms with Gasteiger partial charge < -0.3 is 14.7 Å². The largest absolute Gasteiger partial charge is 0.360 e. The Morgan fingerprint density at radius 3 is 2.36 bits per heavy atom. The van der Waals surface area contributed by atoms with E-state index in [9.17, 15) is 8.42 Å². The molecule has 0 amide bonds. The summed E-state index contributed by atoms with van der Waals surface area (Å²) in [5.74, 6) is 0.342. The summed E-state index contributed by atoms with van der Waals surface area (Å²) < 4.78 is 32.2. The number of hydrogen-bond donors (Lipinski definition) is 1. The number of thiocarbonyl (C=S) groups is 1. The highest BCUT2D eigenvalue weighted by atomic mass is 32.2. The van der Waals surface area contributed by atoms with Gasteiger partial charge in [0.25, 0.3) is 0 Å². The lowest BCUT2D eigenvalue weighted by Crippen LogP contribution is -2.54. The third kappa shape index (κ3) is 3.98. The van der Waals surface area contributed by atoms with Crippen molar-refractivity contribution in [2.75, 3.05) is 26.2 Å². The predicted octanol–water partition coefficient (Wildman–Crippen LogP) is 1.80. The van der Waals surface area contributed by atoms with Crippen molar-refractivity contribution in [1.82, 2.24) is 19.7 Å². The Morgan fingerprint density at radius 1 is 1.16 bits per heavy atom. The Bertz CT molecular complexity index is 698. The lowest BCUT2D eigenvalue weighted by molar-refractivity contribution is 0.259. The average molecular weight is 387 g/mol. The molecule has 25 heavy (non-hydrogen) atoms. The molecule has 1 aromatic heterocycles. The molecule has 2 fully saturated rings. The molecule has 0 atom stereocenters. The predicted molar refractivity (Wildman–Crippen MR) is 98.9 cm³/mol. The minimum Gasteiger partial charge on any atom is -0.360 e. The minimum absolute atomic E-state index is 0.198. The molecule has 1 saturated heterocycles. The lowest BCUT2D eigenvalue weighted by Gasteiger charge is -2.37. The van der Waals surface area contributed by atoms with Crippen LogP contribution < -0.4 is 5.32 Å². The summed E-state index contributed by atoms with van der Waals surface area (Å²) in [6, 6.07) is 0.463. The molecular weight excluding hydrogens is 360 g/mol. The topological polar surface area (TPSA) is 78.7 Å². The molecule has 0 aromatic carbocycles. The van der Waals surface area contributed by atoms with Gasteiger partial charge in [0.15, 0.2) is 10.9 Å². The summed E-state index contributed by atoms with van der Waals surface area (Å²) in [7, 11) is -3.57. The molecule has 1 aliphatic heterocycles. The second kappa shape index (κ2) is 7.59. The standard InChI is InChI=1S/C16H26N4O3S2/c1-12-15(13(2)23-18-12)25(21,22)20-10-8-19(9-11-20)16(24)17-14-6-4-3-5-7-14/h14H,3-11H2,1-2H3,(H,17,24). The Labute approximate surface area is 154 Å². The van der Waals surface area contributed by atoms with E-state index in [1.165, 1.54) is 36.4 Å². The van der Waals surface area contributed by atoms with Gasteiger partial charge in [0, 0.05) is 32.2 Å². The van der Waals surface area contributed by atoms with E-state index in [1.807, 2.05) is 0 Å². The zero-order chi connectivity index (χ0) is 18.0. The Balaban J connectivity index is 1.59. The number of nitrogens with zero attached hydrogens (tertiary/aromatic N) is 3. The fraction of sp³-hybridized carbons (Fsp3) is 0.750. The maximum absolute atomic E-state index is 12.8. The maximum atomic E-state index is 12.8. The molecule has 2 aliphatic rings. The van der Waals surface area contributed by atoms with E-state index < -0.39 is 10.0 Å². The van der Waals surface area contributed by atoms with Crippen LogP contribution in [0.5, 0.6) is 0 Å². The van der Waals surface area contributed by atoms with E-state index >= 15 is 0 Å². The molecule has 9 heteroatoms. The summed E-state index contributed by atoms with van der Waals surface area (Å²) in [6.07, 6.45) is 6.15. The van der Waals surface area contributed by atoms with Gasteiger partial charge in [-0.1, -0.05) is 24.4 Å². The summed E-state index contributed by atoms with van der Waals surface area (Å²) >= 11 is 5.53. The quantitative estimate of drug-likeness (QED) is 0.794. The van der Waals surface area contributed by atoms with Crippen LogP contribution in [0.1, 0.15) is 43.6 Å². The zero-order valence-electron chi connectivity index (χ0n) is 14.8. The SMILES string of the molecule is Cc1noc(C)c1S(=O)(=O)N1CCN(C(=S)NC2CCCCC2)CC1. The number of piperazine rings is 1. The van der Waals surface area contributed by atoms with E-state index in [-0.39, 0.29) is 4.90 Å². The zero-order valence-corrected chi connectivity index (χ0v) is 16.5. The van der Waals surface area contributed by atoms with E-state index in [0.29, 0.717) is 43.7 Å². The molecule has 1 saturated carbocycles. The van der Waals surface area contributed by atoms with Crippen molar-refractivity contribution in [2.24, 2.45) is 0 Å². The van der Waals surface area contributed by atoms with Crippen LogP contribution in [0.2, 0.25) is 0 Å². The number of hydrogen-bond acceptors (Lipinski definition) is 5. The van der Waals surface area contributed by atoms with Gasteiger partial charge in [0.05, 0.1) is 0 Å². The van der Waals surface area contributed by atoms with E-state index in [1.54, 1.807) is 13.8 Å². The smallest absolute Gasteiger partial charge is 0.248 e. The van der Waals surface area contributed by atoms with Crippen molar-refractivity contribution in [3.8, 4) is 0 Å². The fourth-order valence-corrected chi connectivity index (χ4v) is 5.68. The van der Waals surface area contributed by atoms with Gasteiger partial charge in [-0.2, -0.15) is 4.31 Å². The Hall–Kier alpha value is -1.19. The first-order valence-electron chi connectivity index (χ1n) is 8.88. The Morgan fingerprint density at radius 2 is 1.80 bits per heavy atom. The highest BCUT2D eigenvalue weighted by molar-refractivity contribution is 7.89. The van der Waals surface area contributed by atoms with Crippen molar-refractivity contribution in [2.45, 2.75) is 56.9 Å². The fourth-order valence-electron chi connectivity index (χ4n) is 3.62. The molecule has 0 unspecified atom stereocenters. The lowest BCUT2D eigenvalue weighted by atomic mass is 9.96. The van der Waals surface area contributed by atoms with Gasteiger partial charge in [0.1, 0.15) is 10.6 Å². The highest BCUT2D eigenvalue weighted by Crippen LogP contribution is 2.24. The molecule has 0 bridgehead atoms. The maximum Gasteiger partial charge on any atom is 0.248 e. The van der Waals surface area contributed by atoms with Crippen LogP contribution in [0, 0.1) is 13.8 Å². The van der Waals surface area contributed by atoms with Crippen LogP contribution in [0.25, 0.3) is 0 Å². The van der Waals surface area contributed by atoms with Crippen LogP contribution in [0.3, 0.4) is 0 Å². The van der Waals surface area contributed by atoms with E-state index in [4.69, 9.17) is 16.7 Å². The molecule has 1 aromatic rings. The number of sulfonamides is 1. The van der Waals surface area contributed by atoms with Crippen LogP contribution >= 0.6 is 12.2 Å². The van der Waals surface area contributed by atoms with Crippen LogP contribution in [0.15, 0.2) is 9.42 Å². The normalized spacial score (nSPS) is 20.6. The first-order valence-corrected chi connectivity index (χ1v) is 10.7. The molecular formula is C16H26N4O3S2. The highest BCUT2D eigenvalue weighted by Gasteiger charge is 2.33. The summed E-state index contributed by atoms with van der Waals surface area (Å²) in [6.45, 7) is 5.31. The third-order valence-corrected chi connectivity index (χ3v) is 7.54. The first-order chi connectivity index (χ1) is 11.9. The van der Waals surface area contributed by atoms with Gasteiger partial charge in [0.2, 0.25) is 10.0 Å². The summed E-state index contributed by atoms with van der Waals surface area (Å²) in [5, 5.41) is 7.97. The van der Waals surface area contributed by atoms with Gasteiger partial charge in [-0.25, -0.2) is 8.42 Å². The number of rotatable bonds is 3. The molecule has 1 N–H and O–H groups in total. The molecule has 0 radical (unpaired) electrons. The molecule has 140 valence electrons. The number of nitrogens with one attached hydrogen (secondary N) is 1. The summed E-state index contributed by atoms with van der Waals surface area (Å²) in [4.78, 5) is 2.27. The van der Waals surface area contributed by atoms with Gasteiger partial charge >= 0.3 is 0 Å². The first kappa shape index (κ1) is 18.6. The van der Waals surface area contributed by atoms with Crippen molar-refractivity contribution in [1.29, 1.82) is 0 Å². The molecule has 3 rings (SSSR count). The average Bonchev–Trinajstić information content (AvgIpc) is 2.95. The van der Waals surface area contributed by atoms with Gasteiger partial charge in [-0.05, 0) is 38.9 Å². The monoisotopic (exact) mass is 386 g/mol.